The number of nitrogens with one attached hydrogen (secondary N) is 1. The zero-order valence-corrected chi connectivity index (χ0v) is 19.0. The molecule has 1 aliphatic heterocycles. The van der Waals surface area contributed by atoms with E-state index < -0.39 is 38.3 Å². The van der Waals surface area contributed by atoms with E-state index >= 15 is 0 Å². The molecule has 1 rings (SSSR count). The first-order chi connectivity index (χ1) is 14.8. The summed E-state index contributed by atoms with van der Waals surface area (Å²) in [7, 11) is -3.82. The molecule has 10 nitrogen and oxygen atoms in total. The van der Waals surface area contributed by atoms with E-state index in [4.69, 9.17) is 24.0 Å². The molecule has 1 amide bonds. The number of aliphatic hydroxyl groups is 2. The molecule has 4 unspecified atom stereocenters. The van der Waals surface area contributed by atoms with Gasteiger partial charge in [-0.1, -0.05) is 39.3 Å². The Morgan fingerprint density at radius 1 is 1.16 bits per heavy atom. The summed E-state index contributed by atoms with van der Waals surface area (Å²) in [4.78, 5) is 11.1. The number of hydrogen-bond donors (Lipinski definition) is 4. The average Bonchev–Trinajstić information content (AvgIpc) is 3.00. The van der Waals surface area contributed by atoms with E-state index in [0.717, 1.165) is 12.8 Å². The second-order valence-electron chi connectivity index (χ2n) is 6.91. The molecule has 0 aromatic rings. The van der Waals surface area contributed by atoms with Crippen LogP contribution >= 0.6 is 7.82 Å². The number of carbonyl (C=O) groups is 1. The molecule has 5 N–H and O–H groups in total. The van der Waals surface area contributed by atoms with E-state index in [1.165, 1.54) is 24.4 Å². The van der Waals surface area contributed by atoms with Crippen LogP contribution in [0.2, 0.25) is 0 Å². The molecule has 4 atom stereocenters. The van der Waals surface area contributed by atoms with Crippen molar-refractivity contribution in [2.75, 3.05) is 19.8 Å². The van der Waals surface area contributed by atoms with Crippen LogP contribution in [0.1, 0.15) is 39.5 Å². The van der Waals surface area contributed by atoms with Gasteiger partial charge in [-0.05, 0) is 31.2 Å². The van der Waals surface area contributed by atoms with Gasteiger partial charge in [0.2, 0.25) is 5.91 Å². The molecule has 0 spiro atoms. The maximum Gasteiger partial charge on any atom is 0.474 e. The van der Waals surface area contributed by atoms with Crippen molar-refractivity contribution in [3.05, 3.63) is 36.6 Å². The van der Waals surface area contributed by atoms with E-state index in [0.29, 0.717) is 12.8 Å². The number of amides is 1. The van der Waals surface area contributed by atoms with Crippen molar-refractivity contribution in [1.29, 1.82) is 0 Å². The van der Waals surface area contributed by atoms with Crippen molar-refractivity contribution in [2.45, 2.75) is 64.1 Å². The molecule has 1 saturated heterocycles. The van der Waals surface area contributed by atoms with Gasteiger partial charge in [-0.2, -0.15) is 0 Å². The van der Waals surface area contributed by atoms with Crippen LogP contribution in [0.5, 0.6) is 0 Å². The Morgan fingerprint density at radius 2 is 1.77 bits per heavy atom. The maximum atomic E-state index is 12.8. The van der Waals surface area contributed by atoms with Gasteiger partial charge in [0.25, 0.3) is 0 Å². The minimum atomic E-state index is -3.82. The van der Waals surface area contributed by atoms with E-state index in [9.17, 15) is 19.6 Å². The molecule has 1 fully saturated rings. The number of primary amides is 1. The van der Waals surface area contributed by atoms with Crippen LogP contribution in [0.3, 0.4) is 0 Å². The first-order valence-corrected chi connectivity index (χ1v) is 11.8. The second kappa shape index (κ2) is 14.5. The molecule has 1 heterocycles. The Bertz CT molecular complexity index is 656. The summed E-state index contributed by atoms with van der Waals surface area (Å²) in [5, 5.41) is 23.2. The first kappa shape index (κ1) is 27.5. The molecule has 0 aliphatic carbocycles. The molecule has 31 heavy (non-hydrogen) atoms. The molecular formula is C20H35N2O8P. The summed E-state index contributed by atoms with van der Waals surface area (Å²) < 4.78 is 34.4. The largest absolute Gasteiger partial charge is 0.474 e. The van der Waals surface area contributed by atoms with Crippen LogP contribution in [-0.2, 0) is 27.7 Å². The van der Waals surface area contributed by atoms with Crippen molar-refractivity contribution in [3.8, 4) is 0 Å². The van der Waals surface area contributed by atoms with Crippen molar-refractivity contribution in [3.63, 3.8) is 0 Å². The molecule has 0 aromatic carbocycles. The van der Waals surface area contributed by atoms with E-state index in [1.54, 1.807) is 0 Å². The molecular weight excluding hydrogens is 427 g/mol. The number of allylic oxidation sites excluding steroid dienone is 2. The lowest BCUT2D eigenvalue weighted by atomic mass is 10.1. The number of unbranched alkanes of at least 4 members (excludes halogenated alkanes) is 2. The minimum Gasteiger partial charge on any atom is -0.387 e. The second-order valence-corrected chi connectivity index (χ2v) is 8.58. The van der Waals surface area contributed by atoms with E-state index in [2.05, 4.69) is 11.9 Å². The van der Waals surface area contributed by atoms with Gasteiger partial charge in [0.1, 0.15) is 18.3 Å². The van der Waals surface area contributed by atoms with Gasteiger partial charge in [0.15, 0.2) is 6.23 Å². The van der Waals surface area contributed by atoms with Crippen molar-refractivity contribution in [2.24, 2.45) is 5.73 Å². The topological polar surface area (TPSA) is 150 Å². The number of aliphatic hydroxyl groups excluding tert-OH is 2. The van der Waals surface area contributed by atoms with Crippen LogP contribution in [0.4, 0.5) is 0 Å². The monoisotopic (exact) mass is 462 g/mol. The lowest BCUT2D eigenvalue weighted by molar-refractivity contribution is -0.114. The fraction of sp³-hybridized carbons (Fsp3) is 0.650. The van der Waals surface area contributed by atoms with Crippen LogP contribution in [-0.4, -0.2) is 60.5 Å². The Balaban J connectivity index is 2.64. The smallest absolute Gasteiger partial charge is 0.387 e. The van der Waals surface area contributed by atoms with E-state index in [-0.39, 0.29) is 25.4 Å². The van der Waals surface area contributed by atoms with Crippen LogP contribution in [0, 0.1) is 0 Å². The highest BCUT2D eigenvalue weighted by Gasteiger charge is 2.43. The Labute approximate surface area is 183 Å². The third-order valence-electron chi connectivity index (χ3n) is 4.39. The molecule has 178 valence electrons. The lowest BCUT2D eigenvalue weighted by Crippen LogP contribution is -2.38. The molecule has 0 bridgehead atoms. The molecule has 0 saturated carbocycles. The summed E-state index contributed by atoms with van der Waals surface area (Å²) in [5.41, 5.74) is 5.37. The minimum absolute atomic E-state index is 0.208. The number of carbonyl (C=O) groups excluding carboxylic acids is 1. The summed E-state index contributed by atoms with van der Waals surface area (Å²) >= 11 is 0. The third-order valence-corrected chi connectivity index (χ3v) is 5.85. The Kier molecular flexibility index (Phi) is 12.9. The lowest BCUT2D eigenvalue weighted by Gasteiger charge is -2.21. The van der Waals surface area contributed by atoms with Crippen molar-refractivity contribution in [1.82, 2.24) is 5.32 Å². The molecule has 0 radical (unpaired) electrons. The first-order valence-electron chi connectivity index (χ1n) is 10.4. The SMILES string of the molecule is C=C/C(=C\C=C/NC1OC(COP(=O)(OCCCC)OCCCC)C(O)C1O)C(N)=O. The summed E-state index contributed by atoms with van der Waals surface area (Å²) in [6.07, 6.45) is 4.29. The highest BCUT2D eigenvalue weighted by molar-refractivity contribution is 7.48. The fourth-order valence-corrected chi connectivity index (χ4v) is 3.75. The summed E-state index contributed by atoms with van der Waals surface area (Å²) in [5.74, 6) is -0.629. The molecule has 11 heteroatoms. The number of hydrogen-bond acceptors (Lipinski definition) is 9. The third kappa shape index (κ3) is 9.65. The van der Waals surface area contributed by atoms with Crippen LogP contribution in [0.15, 0.2) is 36.6 Å². The van der Waals surface area contributed by atoms with Gasteiger partial charge in [-0.25, -0.2) is 4.57 Å². The molecule has 1 aliphatic rings. The molecule has 0 aromatic heterocycles. The summed E-state index contributed by atoms with van der Waals surface area (Å²) in [6, 6.07) is 0. The quantitative estimate of drug-likeness (QED) is 0.117. The normalized spacial score (nSPS) is 24.6. The van der Waals surface area contributed by atoms with E-state index in [1.807, 2.05) is 13.8 Å². The van der Waals surface area contributed by atoms with Gasteiger partial charge >= 0.3 is 7.82 Å². The number of phosphoric acid groups is 1. The standard InChI is InChI=1S/C20H35N2O8P/c1-4-7-12-27-31(26,28-13-8-5-2)29-14-16-17(23)18(24)20(30-16)22-11-9-10-15(6-3)19(21)25/h6,9-11,16-18,20,22-24H,3-5,7-8,12-14H2,1-2H3,(H2,21,25)/b11-9-,15-10+. The number of nitrogens with two attached hydrogens (primary N) is 1. The van der Waals surface area contributed by atoms with Crippen LogP contribution in [0.25, 0.3) is 0 Å². The number of ether oxygens (including phenoxy) is 1. The number of rotatable bonds is 16. The van der Waals surface area contributed by atoms with Crippen molar-refractivity contribution < 1.29 is 37.9 Å². The van der Waals surface area contributed by atoms with Crippen LogP contribution < -0.4 is 11.1 Å². The summed E-state index contributed by atoms with van der Waals surface area (Å²) in [6.45, 7) is 7.57. The fourth-order valence-electron chi connectivity index (χ4n) is 2.49. The van der Waals surface area contributed by atoms with Gasteiger partial charge < -0.3 is 26.0 Å². The Morgan fingerprint density at radius 3 is 2.29 bits per heavy atom. The predicted molar refractivity (Wildman–Crippen MR) is 116 cm³/mol. The van der Waals surface area contributed by atoms with Gasteiger partial charge in [0, 0.05) is 5.57 Å². The number of phosphoric ester groups is 1. The zero-order chi connectivity index (χ0) is 23.3. The van der Waals surface area contributed by atoms with Gasteiger partial charge in [-0.15, -0.1) is 0 Å². The van der Waals surface area contributed by atoms with Gasteiger partial charge in [0.05, 0.1) is 19.8 Å². The van der Waals surface area contributed by atoms with Gasteiger partial charge in [-0.3, -0.25) is 18.4 Å². The maximum absolute atomic E-state index is 12.8. The zero-order valence-electron chi connectivity index (χ0n) is 18.1. The predicted octanol–water partition coefficient (Wildman–Crippen LogP) is 1.89. The average molecular weight is 462 g/mol. The highest BCUT2D eigenvalue weighted by atomic mass is 31.2. The highest BCUT2D eigenvalue weighted by Crippen LogP contribution is 2.50. The van der Waals surface area contributed by atoms with Crippen molar-refractivity contribution >= 4 is 13.7 Å². The Hall–Kier alpha value is -1.52.